The van der Waals surface area contributed by atoms with E-state index in [9.17, 15) is 4.79 Å². The molecular formula is C12H19NO. The van der Waals surface area contributed by atoms with Crippen LogP contribution in [0.25, 0.3) is 0 Å². The van der Waals surface area contributed by atoms with Gasteiger partial charge in [-0.15, -0.1) is 12.3 Å². The van der Waals surface area contributed by atoms with Crippen LogP contribution in [-0.4, -0.2) is 11.4 Å². The zero-order valence-corrected chi connectivity index (χ0v) is 9.48. The lowest BCUT2D eigenvalue weighted by Gasteiger charge is -2.48. The van der Waals surface area contributed by atoms with Crippen molar-refractivity contribution < 1.29 is 4.79 Å². The predicted molar refractivity (Wildman–Crippen MR) is 57.6 cm³/mol. The van der Waals surface area contributed by atoms with E-state index in [4.69, 9.17) is 6.42 Å². The molecule has 78 valence electrons. The quantitative estimate of drug-likeness (QED) is 0.634. The number of rotatable bonds is 1. The van der Waals surface area contributed by atoms with Gasteiger partial charge < -0.3 is 5.32 Å². The summed E-state index contributed by atoms with van der Waals surface area (Å²) < 4.78 is 0. The van der Waals surface area contributed by atoms with Crippen LogP contribution in [0, 0.1) is 23.7 Å². The van der Waals surface area contributed by atoms with Crippen LogP contribution < -0.4 is 5.32 Å². The van der Waals surface area contributed by atoms with Crippen molar-refractivity contribution in [2.45, 2.75) is 46.1 Å². The van der Waals surface area contributed by atoms with Gasteiger partial charge in [0.25, 0.3) is 0 Å². The first-order valence-corrected chi connectivity index (χ1v) is 5.06. The van der Waals surface area contributed by atoms with E-state index in [1.54, 1.807) is 0 Å². The molecule has 1 aliphatic heterocycles. The molecule has 0 bridgehead atoms. The summed E-state index contributed by atoms with van der Waals surface area (Å²) in [5, 5.41) is 3.05. The highest BCUT2D eigenvalue weighted by Crippen LogP contribution is 2.41. The Balaban J connectivity index is 2.85. The third-order valence-electron chi connectivity index (χ3n) is 3.62. The molecule has 0 spiro atoms. The van der Waals surface area contributed by atoms with Crippen molar-refractivity contribution in [2.24, 2.45) is 11.3 Å². The van der Waals surface area contributed by atoms with Crippen molar-refractivity contribution in [2.75, 3.05) is 0 Å². The van der Waals surface area contributed by atoms with Gasteiger partial charge >= 0.3 is 0 Å². The highest BCUT2D eigenvalue weighted by atomic mass is 16.2. The number of piperidine rings is 1. The highest BCUT2D eigenvalue weighted by molar-refractivity contribution is 5.81. The Morgan fingerprint density at radius 2 is 2.07 bits per heavy atom. The van der Waals surface area contributed by atoms with Crippen LogP contribution in [0.15, 0.2) is 0 Å². The molecule has 2 nitrogen and oxygen atoms in total. The van der Waals surface area contributed by atoms with Crippen LogP contribution in [0.4, 0.5) is 0 Å². The molecule has 0 saturated carbocycles. The van der Waals surface area contributed by atoms with Gasteiger partial charge in [-0.25, -0.2) is 0 Å². The van der Waals surface area contributed by atoms with Crippen molar-refractivity contribution in [3.63, 3.8) is 0 Å². The van der Waals surface area contributed by atoms with Gasteiger partial charge in [0, 0.05) is 17.9 Å². The maximum Gasteiger partial charge on any atom is 0.224 e. The fourth-order valence-electron chi connectivity index (χ4n) is 1.85. The lowest BCUT2D eigenvalue weighted by molar-refractivity contribution is -0.134. The highest BCUT2D eigenvalue weighted by Gasteiger charge is 2.45. The summed E-state index contributed by atoms with van der Waals surface area (Å²) >= 11 is 0. The number of carbonyl (C=O) groups excluding carboxylic acids is 1. The molecule has 0 radical (unpaired) electrons. The molecular weight excluding hydrogens is 174 g/mol. The van der Waals surface area contributed by atoms with E-state index in [1.807, 2.05) is 0 Å². The van der Waals surface area contributed by atoms with Gasteiger partial charge in [0.2, 0.25) is 5.91 Å². The summed E-state index contributed by atoms with van der Waals surface area (Å²) in [5.41, 5.74) is -0.0440. The molecule has 1 unspecified atom stereocenters. The van der Waals surface area contributed by atoms with Gasteiger partial charge in [0.05, 0.1) is 0 Å². The molecule has 1 saturated heterocycles. The van der Waals surface area contributed by atoms with E-state index in [2.05, 4.69) is 38.9 Å². The fraction of sp³-hybridized carbons (Fsp3) is 0.750. The Bertz CT molecular complexity index is 283. The second-order valence-electron chi connectivity index (χ2n) is 5.31. The first-order valence-electron chi connectivity index (χ1n) is 5.06. The molecule has 14 heavy (non-hydrogen) atoms. The van der Waals surface area contributed by atoms with Crippen molar-refractivity contribution >= 4 is 5.91 Å². The second kappa shape index (κ2) is 3.31. The molecule has 1 N–H and O–H groups in total. The van der Waals surface area contributed by atoms with E-state index >= 15 is 0 Å². The molecule has 0 aliphatic carbocycles. The van der Waals surface area contributed by atoms with Crippen molar-refractivity contribution in [3.05, 3.63) is 0 Å². The number of carbonyl (C=O) groups is 1. The number of hydrogen-bond donors (Lipinski definition) is 1. The summed E-state index contributed by atoms with van der Waals surface area (Å²) in [7, 11) is 0. The summed E-state index contributed by atoms with van der Waals surface area (Å²) in [4.78, 5) is 11.7. The van der Waals surface area contributed by atoms with E-state index in [0.29, 0.717) is 6.42 Å². The van der Waals surface area contributed by atoms with Gasteiger partial charge in [-0.2, -0.15) is 0 Å². The molecule has 0 aromatic carbocycles. The first kappa shape index (κ1) is 11.1. The summed E-state index contributed by atoms with van der Waals surface area (Å²) in [6.07, 6.45) is 6.67. The Kier molecular flexibility index (Phi) is 2.63. The number of amides is 1. The van der Waals surface area contributed by atoms with Crippen molar-refractivity contribution in [1.29, 1.82) is 0 Å². The monoisotopic (exact) mass is 193 g/mol. The van der Waals surface area contributed by atoms with Crippen LogP contribution in [0.5, 0.6) is 0 Å². The fourth-order valence-corrected chi connectivity index (χ4v) is 1.85. The zero-order chi connectivity index (χ0) is 11.0. The van der Waals surface area contributed by atoms with Gasteiger partial charge in [-0.05, 0) is 25.7 Å². The van der Waals surface area contributed by atoms with Gasteiger partial charge in [-0.1, -0.05) is 13.8 Å². The maximum absolute atomic E-state index is 11.7. The lowest BCUT2D eigenvalue weighted by Crippen LogP contribution is -2.60. The van der Waals surface area contributed by atoms with Crippen molar-refractivity contribution in [1.82, 2.24) is 5.32 Å². The molecule has 2 heteroatoms. The maximum atomic E-state index is 11.7. The van der Waals surface area contributed by atoms with Gasteiger partial charge in [0.1, 0.15) is 0 Å². The van der Waals surface area contributed by atoms with E-state index in [1.165, 1.54) is 0 Å². The second-order valence-corrected chi connectivity index (χ2v) is 5.31. The lowest BCUT2D eigenvalue weighted by atomic mass is 9.65. The molecule has 0 aromatic rings. The summed E-state index contributed by atoms with van der Waals surface area (Å²) in [5.74, 6) is 2.66. The Hall–Kier alpha value is -0.970. The minimum Gasteiger partial charge on any atom is -0.350 e. The van der Waals surface area contributed by atoms with E-state index in [-0.39, 0.29) is 22.8 Å². The van der Waals surface area contributed by atoms with E-state index < -0.39 is 0 Å². The zero-order valence-electron chi connectivity index (χ0n) is 9.48. The topological polar surface area (TPSA) is 29.1 Å². The minimum absolute atomic E-state index is 0.0111. The van der Waals surface area contributed by atoms with E-state index in [0.717, 1.165) is 6.42 Å². The smallest absolute Gasteiger partial charge is 0.224 e. The van der Waals surface area contributed by atoms with Crippen LogP contribution >= 0.6 is 0 Å². The average molecular weight is 193 g/mol. The van der Waals surface area contributed by atoms with Crippen molar-refractivity contribution in [3.8, 4) is 12.3 Å². The normalized spacial score (nSPS) is 29.1. The molecule has 1 heterocycles. The predicted octanol–water partition coefficient (Wildman–Crippen LogP) is 1.95. The largest absolute Gasteiger partial charge is 0.350 e. The van der Waals surface area contributed by atoms with Crippen LogP contribution in [0.3, 0.4) is 0 Å². The van der Waals surface area contributed by atoms with Crippen LogP contribution in [-0.2, 0) is 4.79 Å². The molecule has 1 fully saturated rings. The number of terminal acetylenes is 1. The average Bonchev–Trinajstić information content (AvgIpc) is 1.99. The first-order chi connectivity index (χ1) is 6.30. The molecule has 1 amide bonds. The van der Waals surface area contributed by atoms with Crippen LogP contribution in [0.2, 0.25) is 0 Å². The third-order valence-corrected chi connectivity index (χ3v) is 3.62. The molecule has 1 atom stereocenters. The Labute approximate surface area is 86.5 Å². The third kappa shape index (κ3) is 1.77. The molecule has 1 aliphatic rings. The summed E-state index contributed by atoms with van der Waals surface area (Å²) in [6.45, 7) is 8.49. The Morgan fingerprint density at radius 1 is 1.50 bits per heavy atom. The Morgan fingerprint density at radius 3 is 2.57 bits per heavy atom. The number of hydrogen-bond acceptors (Lipinski definition) is 1. The summed E-state index contributed by atoms with van der Waals surface area (Å²) in [6, 6.07) is 0. The standard InChI is InChI=1S/C12H19NO/c1-6-7-9-8-11(2,3)12(4,5)13-10(9)14/h1,9H,7-8H2,2-5H3,(H,13,14). The minimum atomic E-state index is -0.144. The van der Waals surface area contributed by atoms with Gasteiger partial charge in [-0.3, -0.25) is 4.79 Å². The number of nitrogens with one attached hydrogen (secondary N) is 1. The molecule has 0 aromatic heterocycles. The van der Waals surface area contributed by atoms with Crippen LogP contribution in [0.1, 0.15) is 40.5 Å². The SMILES string of the molecule is C#CCC1CC(C)(C)C(C)(C)NC1=O. The van der Waals surface area contributed by atoms with Gasteiger partial charge in [0.15, 0.2) is 0 Å². The molecule has 1 rings (SSSR count).